The number of para-hydroxylation sites is 1. The Morgan fingerprint density at radius 1 is 1.00 bits per heavy atom. The number of carbonyl (C=O) groups excluding carboxylic acids is 3. The second kappa shape index (κ2) is 8.81. The number of amides is 1. The van der Waals surface area contributed by atoms with Gasteiger partial charge >= 0.3 is 5.97 Å². The quantitative estimate of drug-likeness (QED) is 0.500. The fraction of sp³-hybridized carbons (Fsp3) is 0.136. The Balaban J connectivity index is 1.73. The van der Waals surface area contributed by atoms with Crippen LogP contribution >= 0.6 is 0 Å². The minimum Gasteiger partial charge on any atom is -0.483 e. The molecule has 1 amide bonds. The van der Waals surface area contributed by atoms with E-state index in [-0.39, 0.29) is 18.8 Å². The predicted octanol–water partition coefficient (Wildman–Crippen LogP) is 3.85. The fourth-order valence-corrected chi connectivity index (χ4v) is 2.83. The fourth-order valence-electron chi connectivity index (χ4n) is 2.83. The highest BCUT2D eigenvalue weighted by Gasteiger charge is 2.15. The van der Waals surface area contributed by atoms with Crippen LogP contribution < -0.4 is 10.1 Å². The molecule has 0 saturated carbocycles. The largest absolute Gasteiger partial charge is 0.483 e. The van der Waals surface area contributed by atoms with E-state index in [2.05, 4.69) is 5.32 Å². The molecule has 0 aliphatic rings. The molecule has 0 atom stereocenters. The van der Waals surface area contributed by atoms with Gasteiger partial charge in [0.05, 0.1) is 23.4 Å². The van der Waals surface area contributed by atoms with Gasteiger partial charge in [0.2, 0.25) is 0 Å². The number of fused-ring (bicyclic) bond motifs is 1. The minimum absolute atomic E-state index is 0.237. The van der Waals surface area contributed by atoms with Gasteiger partial charge in [-0.15, -0.1) is 0 Å². The van der Waals surface area contributed by atoms with E-state index in [9.17, 15) is 14.4 Å². The number of ether oxygens (including phenoxy) is 2. The molecule has 0 aromatic heterocycles. The van der Waals surface area contributed by atoms with Gasteiger partial charge in [-0.25, -0.2) is 4.79 Å². The van der Waals surface area contributed by atoms with E-state index in [1.807, 2.05) is 30.3 Å². The molecule has 1 N–H and O–H groups in total. The second-order valence-electron chi connectivity index (χ2n) is 5.92. The molecule has 0 aliphatic carbocycles. The number of rotatable bonds is 7. The molecule has 0 unspecified atom stereocenters. The standard InChI is InChI=1S/C22H19NO5/c1-2-27-22(26)17-9-5-6-10-19(17)23-21(25)14-28-20-12-11-15-7-3-4-8-16(15)18(20)13-24/h3-13H,2,14H2,1H3,(H,23,25). The minimum atomic E-state index is -0.517. The molecule has 0 aliphatic heterocycles. The van der Waals surface area contributed by atoms with Crippen molar-refractivity contribution < 1.29 is 23.9 Å². The van der Waals surface area contributed by atoms with Crippen LogP contribution in [0.5, 0.6) is 5.75 Å². The number of hydrogen-bond acceptors (Lipinski definition) is 5. The first-order chi connectivity index (χ1) is 13.6. The Morgan fingerprint density at radius 3 is 2.54 bits per heavy atom. The van der Waals surface area contributed by atoms with Crippen LogP contribution in [0, 0.1) is 0 Å². The molecule has 6 heteroatoms. The highest BCUT2D eigenvalue weighted by molar-refractivity contribution is 6.02. The Morgan fingerprint density at radius 2 is 1.75 bits per heavy atom. The SMILES string of the molecule is CCOC(=O)c1ccccc1NC(=O)COc1ccc2ccccc2c1C=O. The van der Waals surface area contributed by atoms with E-state index in [1.54, 1.807) is 37.3 Å². The third-order valence-electron chi connectivity index (χ3n) is 4.10. The van der Waals surface area contributed by atoms with Gasteiger partial charge in [0, 0.05) is 0 Å². The third kappa shape index (κ3) is 4.17. The van der Waals surface area contributed by atoms with E-state index < -0.39 is 11.9 Å². The lowest BCUT2D eigenvalue weighted by Crippen LogP contribution is -2.22. The zero-order valence-electron chi connectivity index (χ0n) is 15.3. The number of aldehydes is 1. The Bertz CT molecular complexity index is 1030. The normalized spacial score (nSPS) is 10.3. The van der Waals surface area contributed by atoms with Crippen LogP contribution in [0.1, 0.15) is 27.6 Å². The van der Waals surface area contributed by atoms with Crippen molar-refractivity contribution in [3.05, 3.63) is 71.8 Å². The maximum absolute atomic E-state index is 12.3. The van der Waals surface area contributed by atoms with Crippen molar-refractivity contribution in [1.82, 2.24) is 0 Å². The molecule has 3 aromatic carbocycles. The zero-order chi connectivity index (χ0) is 19.9. The average Bonchev–Trinajstić information content (AvgIpc) is 2.72. The van der Waals surface area contributed by atoms with Crippen LogP contribution in [0.2, 0.25) is 0 Å². The summed E-state index contributed by atoms with van der Waals surface area (Å²) in [5.74, 6) is -0.652. The Hall–Kier alpha value is -3.67. The van der Waals surface area contributed by atoms with E-state index in [0.717, 1.165) is 10.8 Å². The van der Waals surface area contributed by atoms with Crippen molar-refractivity contribution >= 4 is 34.6 Å². The molecule has 6 nitrogen and oxygen atoms in total. The van der Waals surface area contributed by atoms with Gasteiger partial charge < -0.3 is 14.8 Å². The van der Waals surface area contributed by atoms with Gasteiger partial charge in [-0.3, -0.25) is 9.59 Å². The van der Waals surface area contributed by atoms with Crippen molar-refractivity contribution in [2.24, 2.45) is 0 Å². The molecule has 0 bridgehead atoms. The molecular formula is C22H19NO5. The molecule has 28 heavy (non-hydrogen) atoms. The predicted molar refractivity (Wildman–Crippen MR) is 106 cm³/mol. The van der Waals surface area contributed by atoms with Crippen molar-refractivity contribution in [3.63, 3.8) is 0 Å². The lowest BCUT2D eigenvalue weighted by atomic mass is 10.0. The van der Waals surface area contributed by atoms with Gasteiger partial charge in [0.1, 0.15) is 5.75 Å². The smallest absolute Gasteiger partial charge is 0.340 e. The van der Waals surface area contributed by atoms with Crippen LogP contribution in [-0.2, 0) is 9.53 Å². The van der Waals surface area contributed by atoms with Gasteiger partial charge in [-0.2, -0.15) is 0 Å². The van der Waals surface area contributed by atoms with Crippen LogP contribution in [0.3, 0.4) is 0 Å². The van der Waals surface area contributed by atoms with E-state index in [1.165, 1.54) is 0 Å². The summed E-state index contributed by atoms with van der Waals surface area (Å²) < 4.78 is 10.5. The monoisotopic (exact) mass is 377 g/mol. The van der Waals surface area contributed by atoms with Crippen molar-refractivity contribution in [2.45, 2.75) is 6.92 Å². The van der Waals surface area contributed by atoms with E-state index in [4.69, 9.17) is 9.47 Å². The number of esters is 1. The van der Waals surface area contributed by atoms with E-state index >= 15 is 0 Å². The van der Waals surface area contributed by atoms with Crippen LogP contribution in [0.25, 0.3) is 10.8 Å². The van der Waals surface area contributed by atoms with Crippen LogP contribution in [0.4, 0.5) is 5.69 Å². The van der Waals surface area contributed by atoms with Crippen LogP contribution in [-0.4, -0.2) is 31.4 Å². The second-order valence-corrected chi connectivity index (χ2v) is 5.92. The maximum Gasteiger partial charge on any atom is 0.340 e. The first-order valence-corrected chi connectivity index (χ1v) is 8.79. The molecule has 3 aromatic rings. The molecular weight excluding hydrogens is 358 g/mol. The molecule has 0 radical (unpaired) electrons. The number of benzene rings is 3. The topological polar surface area (TPSA) is 81.7 Å². The lowest BCUT2D eigenvalue weighted by molar-refractivity contribution is -0.118. The summed E-state index contributed by atoms with van der Waals surface area (Å²) in [6, 6.07) is 17.5. The summed E-state index contributed by atoms with van der Waals surface area (Å²) >= 11 is 0. The first-order valence-electron chi connectivity index (χ1n) is 8.79. The van der Waals surface area contributed by atoms with Crippen molar-refractivity contribution in [1.29, 1.82) is 0 Å². The highest BCUT2D eigenvalue weighted by atomic mass is 16.5. The maximum atomic E-state index is 12.3. The number of anilines is 1. The first kappa shape index (κ1) is 19.1. The van der Waals surface area contributed by atoms with Crippen LogP contribution in [0.15, 0.2) is 60.7 Å². The zero-order valence-corrected chi connectivity index (χ0v) is 15.3. The molecule has 0 fully saturated rings. The average molecular weight is 377 g/mol. The molecule has 0 spiro atoms. The lowest BCUT2D eigenvalue weighted by Gasteiger charge is -2.12. The summed E-state index contributed by atoms with van der Waals surface area (Å²) in [6.07, 6.45) is 0.714. The Labute approximate surface area is 162 Å². The number of hydrogen-bond donors (Lipinski definition) is 1. The Kier molecular flexibility index (Phi) is 6.01. The van der Waals surface area contributed by atoms with Gasteiger partial charge in [0.25, 0.3) is 5.91 Å². The van der Waals surface area contributed by atoms with Gasteiger partial charge in [-0.1, -0.05) is 42.5 Å². The number of nitrogens with one attached hydrogen (secondary N) is 1. The molecule has 0 heterocycles. The summed E-state index contributed by atoms with van der Waals surface area (Å²) in [7, 11) is 0. The molecule has 0 saturated heterocycles. The van der Waals surface area contributed by atoms with Gasteiger partial charge in [-0.05, 0) is 35.9 Å². The summed E-state index contributed by atoms with van der Waals surface area (Å²) in [4.78, 5) is 35.8. The number of carbonyl (C=O) groups is 3. The summed E-state index contributed by atoms with van der Waals surface area (Å²) in [5, 5.41) is 4.30. The van der Waals surface area contributed by atoms with E-state index in [0.29, 0.717) is 23.3 Å². The van der Waals surface area contributed by atoms with Crippen molar-refractivity contribution in [2.75, 3.05) is 18.5 Å². The summed E-state index contributed by atoms with van der Waals surface area (Å²) in [5.41, 5.74) is 0.985. The summed E-state index contributed by atoms with van der Waals surface area (Å²) in [6.45, 7) is 1.64. The highest BCUT2D eigenvalue weighted by Crippen LogP contribution is 2.26. The molecule has 142 valence electrons. The van der Waals surface area contributed by atoms with Crippen molar-refractivity contribution in [3.8, 4) is 5.75 Å². The third-order valence-corrected chi connectivity index (χ3v) is 4.10. The molecule has 3 rings (SSSR count). The van der Waals surface area contributed by atoms with Gasteiger partial charge in [0.15, 0.2) is 12.9 Å².